The molecule has 0 fully saturated rings. The minimum Gasteiger partial charge on any atom is -0.350 e. The van der Waals surface area contributed by atoms with E-state index in [4.69, 9.17) is 0 Å². The number of nitrogens with one attached hydrogen (secondary N) is 2. The highest BCUT2D eigenvalue weighted by atomic mass is 32.1. The van der Waals surface area contributed by atoms with Gasteiger partial charge in [0.05, 0.1) is 6.54 Å². The fourth-order valence-electron chi connectivity index (χ4n) is 1.39. The molecule has 1 aromatic rings. The van der Waals surface area contributed by atoms with E-state index in [9.17, 15) is 4.79 Å². The molecule has 0 atom stereocenters. The zero-order chi connectivity index (χ0) is 12.7. The molecule has 96 valence electrons. The molecule has 5 heteroatoms. The number of carbonyl (C=O) groups excluding carboxylic acids is 1. The summed E-state index contributed by atoms with van der Waals surface area (Å²) in [6.07, 6.45) is 1.45. The summed E-state index contributed by atoms with van der Waals surface area (Å²) in [4.78, 5) is 15.8. The molecule has 1 heterocycles. The molecule has 2 N–H and O–H groups in total. The summed E-state index contributed by atoms with van der Waals surface area (Å²) >= 11 is 1.59. The van der Waals surface area contributed by atoms with Crippen molar-refractivity contribution in [3.63, 3.8) is 0 Å². The van der Waals surface area contributed by atoms with Crippen molar-refractivity contribution in [2.75, 3.05) is 6.54 Å². The van der Waals surface area contributed by atoms with Gasteiger partial charge in [0, 0.05) is 23.5 Å². The number of carbonyl (C=O) groups is 1. The Balaban J connectivity index is 2.09. The molecule has 0 aliphatic carbocycles. The van der Waals surface area contributed by atoms with Crippen LogP contribution in [0.3, 0.4) is 0 Å². The molecule has 0 radical (unpaired) electrons. The average molecular weight is 255 g/mol. The topological polar surface area (TPSA) is 54.0 Å². The van der Waals surface area contributed by atoms with Crippen molar-refractivity contribution < 1.29 is 4.79 Å². The van der Waals surface area contributed by atoms with Crippen molar-refractivity contribution in [2.24, 2.45) is 0 Å². The van der Waals surface area contributed by atoms with Crippen molar-refractivity contribution in [1.82, 2.24) is 15.6 Å². The second kappa shape index (κ2) is 7.40. The molecule has 0 unspecified atom stereocenters. The Morgan fingerprint density at radius 3 is 2.88 bits per heavy atom. The number of hydrogen-bond donors (Lipinski definition) is 2. The summed E-state index contributed by atoms with van der Waals surface area (Å²) in [7, 11) is 0. The maximum Gasteiger partial charge on any atom is 0.220 e. The molecular formula is C12H21N3OS. The predicted octanol–water partition coefficient (Wildman–Crippen LogP) is 1.85. The van der Waals surface area contributed by atoms with Crippen molar-refractivity contribution in [3.8, 4) is 0 Å². The summed E-state index contributed by atoms with van der Waals surface area (Å²) in [5, 5.41) is 9.13. The highest BCUT2D eigenvalue weighted by Gasteiger charge is 2.03. The fourth-order valence-corrected chi connectivity index (χ4v) is 2.10. The van der Waals surface area contributed by atoms with Crippen molar-refractivity contribution in [3.05, 3.63) is 16.1 Å². The third kappa shape index (κ3) is 6.38. The number of aryl methyl sites for hydroxylation is 1. The molecule has 0 aliphatic heterocycles. The lowest BCUT2D eigenvalue weighted by atomic mass is 10.2. The molecule has 0 saturated heterocycles. The van der Waals surface area contributed by atoms with Crippen LogP contribution in [0.25, 0.3) is 0 Å². The van der Waals surface area contributed by atoms with Gasteiger partial charge < -0.3 is 10.6 Å². The van der Waals surface area contributed by atoms with Gasteiger partial charge in [0.2, 0.25) is 5.91 Å². The molecule has 1 amide bonds. The standard InChI is InChI=1S/C12H21N3OS/c1-9(2)13-6-4-5-11(16)14-7-12-15-10(3)8-17-12/h8-9,13H,4-7H2,1-3H3,(H,14,16). The van der Waals surface area contributed by atoms with Crippen LogP contribution in [0.1, 0.15) is 37.4 Å². The maximum atomic E-state index is 11.5. The number of amides is 1. The van der Waals surface area contributed by atoms with Crippen LogP contribution >= 0.6 is 11.3 Å². The van der Waals surface area contributed by atoms with E-state index < -0.39 is 0 Å². The van der Waals surface area contributed by atoms with Crippen LogP contribution in [0.2, 0.25) is 0 Å². The van der Waals surface area contributed by atoms with Gasteiger partial charge in [0.15, 0.2) is 0 Å². The van der Waals surface area contributed by atoms with Gasteiger partial charge in [-0.15, -0.1) is 11.3 Å². The van der Waals surface area contributed by atoms with E-state index >= 15 is 0 Å². The van der Waals surface area contributed by atoms with Gasteiger partial charge in [-0.05, 0) is 19.9 Å². The smallest absolute Gasteiger partial charge is 0.220 e. The number of thiazole rings is 1. The predicted molar refractivity (Wildman–Crippen MR) is 71.1 cm³/mol. The van der Waals surface area contributed by atoms with E-state index in [0.29, 0.717) is 19.0 Å². The summed E-state index contributed by atoms with van der Waals surface area (Å²) in [5.41, 5.74) is 1.01. The second-order valence-electron chi connectivity index (χ2n) is 4.37. The first-order valence-electron chi connectivity index (χ1n) is 5.99. The van der Waals surface area contributed by atoms with Gasteiger partial charge in [0.25, 0.3) is 0 Å². The molecule has 0 aromatic carbocycles. The SMILES string of the molecule is Cc1csc(CNC(=O)CCCNC(C)C)n1. The minimum absolute atomic E-state index is 0.100. The monoisotopic (exact) mass is 255 g/mol. The van der Waals surface area contributed by atoms with E-state index in [1.165, 1.54) is 0 Å². The van der Waals surface area contributed by atoms with Gasteiger partial charge in [-0.3, -0.25) is 4.79 Å². The third-order valence-corrected chi connectivity index (χ3v) is 3.20. The lowest BCUT2D eigenvalue weighted by Gasteiger charge is -2.07. The van der Waals surface area contributed by atoms with E-state index in [2.05, 4.69) is 29.5 Å². The van der Waals surface area contributed by atoms with Crippen molar-refractivity contribution in [1.29, 1.82) is 0 Å². The third-order valence-electron chi connectivity index (χ3n) is 2.24. The van der Waals surface area contributed by atoms with Crippen LogP contribution in [-0.2, 0) is 11.3 Å². The second-order valence-corrected chi connectivity index (χ2v) is 5.31. The fraction of sp³-hybridized carbons (Fsp3) is 0.667. The van der Waals surface area contributed by atoms with Gasteiger partial charge in [-0.1, -0.05) is 13.8 Å². The molecule has 0 aliphatic rings. The van der Waals surface area contributed by atoms with Gasteiger partial charge >= 0.3 is 0 Å². The average Bonchev–Trinajstić information content (AvgIpc) is 2.67. The van der Waals surface area contributed by atoms with Crippen LogP contribution in [0.5, 0.6) is 0 Å². The highest BCUT2D eigenvalue weighted by Crippen LogP contribution is 2.07. The summed E-state index contributed by atoms with van der Waals surface area (Å²) in [5.74, 6) is 0.100. The quantitative estimate of drug-likeness (QED) is 0.731. The van der Waals surface area contributed by atoms with Crippen LogP contribution in [0, 0.1) is 6.92 Å². The molecule has 1 rings (SSSR count). The normalized spacial score (nSPS) is 10.8. The van der Waals surface area contributed by atoms with Gasteiger partial charge in [-0.2, -0.15) is 0 Å². The molecule has 4 nitrogen and oxygen atoms in total. The molecule has 0 bridgehead atoms. The molecular weight excluding hydrogens is 234 g/mol. The van der Waals surface area contributed by atoms with Crippen molar-refractivity contribution >= 4 is 17.2 Å². The van der Waals surface area contributed by atoms with Gasteiger partial charge in [-0.25, -0.2) is 4.98 Å². The van der Waals surface area contributed by atoms with Crippen LogP contribution in [0.4, 0.5) is 0 Å². The van der Waals surface area contributed by atoms with Gasteiger partial charge in [0.1, 0.15) is 5.01 Å². The Morgan fingerprint density at radius 1 is 1.53 bits per heavy atom. The summed E-state index contributed by atoms with van der Waals surface area (Å²) in [6.45, 7) is 7.60. The van der Waals surface area contributed by atoms with Crippen molar-refractivity contribution in [2.45, 2.75) is 46.2 Å². The van der Waals surface area contributed by atoms with E-state index in [0.717, 1.165) is 23.7 Å². The Morgan fingerprint density at radius 2 is 2.29 bits per heavy atom. The Kier molecular flexibility index (Phi) is 6.15. The number of nitrogens with zero attached hydrogens (tertiary/aromatic N) is 1. The highest BCUT2D eigenvalue weighted by molar-refractivity contribution is 7.09. The number of hydrogen-bond acceptors (Lipinski definition) is 4. The van der Waals surface area contributed by atoms with Crippen LogP contribution in [0.15, 0.2) is 5.38 Å². The Hall–Kier alpha value is -0.940. The molecule has 17 heavy (non-hydrogen) atoms. The van der Waals surface area contributed by atoms with E-state index in [-0.39, 0.29) is 5.91 Å². The summed E-state index contributed by atoms with van der Waals surface area (Å²) in [6, 6.07) is 0.483. The van der Waals surface area contributed by atoms with Crippen LogP contribution in [-0.4, -0.2) is 23.5 Å². The first-order valence-corrected chi connectivity index (χ1v) is 6.87. The Labute approximate surface area is 107 Å². The zero-order valence-corrected chi connectivity index (χ0v) is 11.6. The van der Waals surface area contributed by atoms with E-state index in [1.807, 2.05) is 12.3 Å². The first kappa shape index (κ1) is 14.1. The lowest BCUT2D eigenvalue weighted by molar-refractivity contribution is -0.121. The largest absolute Gasteiger partial charge is 0.350 e. The molecule has 1 aromatic heterocycles. The number of aromatic nitrogens is 1. The molecule has 0 spiro atoms. The van der Waals surface area contributed by atoms with Crippen LogP contribution < -0.4 is 10.6 Å². The zero-order valence-electron chi connectivity index (χ0n) is 10.7. The minimum atomic E-state index is 0.100. The van der Waals surface area contributed by atoms with E-state index in [1.54, 1.807) is 11.3 Å². The first-order chi connectivity index (χ1) is 8.08. The Bertz CT molecular complexity index is 349. The number of rotatable bonds is 7. The lowest BCUT2D eigenvalue weighted by Crippen LogP contribution is -2.27. The maximum absolute atomic E-state index is 11.5. The summed E-state index contributed by atoms with van der Waals surface area (Å²) < 4.78 is 0. The molecule has 0 saturated carbocycles.